The molecule has 5 heteroatoms. The van der Waals surface area contributed by atoms with Crippen molar-refractivity contribution < 1.29 is 4.74 Å². The van der Waals surface area contributed by atoms with Gasteiger partial charge in [-0.2, -0.15) is 0 Å². The van der Waals surface area contributed by atoms with Crippen LogP contribution in [-0.4, -0.2) is 41.1 Å². The third kappa shape index (κ3) is 3.38. The predicted octanol–water partition coefficient (Wildman–Crippen LogP) is 1.19. The van der Waals surface area contributed by atoms with E-state index in [-0.39, 0.29) is 4.99 Å². The molecule has 1 saturated heterocycles. The Hall–Kier alpha value is -1.20. The summed E-state index contributed by atoms with van der Waals surface area (Å²) >= 11 is 4.93. The molecule has 0 saturated carbocycles. The highest BCUT2D eigenvalue weighted by Gasteiger charge is 2.12. The molecule has 1 aliphatic rings. The fraction of sp³-hybridized carbons (Fsp3) is 0.500. The molecule has 2 N–H and O–H groups in total. The highest BCUT2D eigenvalue weighted by molar-refractivity contribution is 7.80. The molecule has 4 nitrogen and oxygen atoms in total. The second-order valence-corrected chi connectivity index (χ2v) is 4.55. The molecule has 0 spiro atoms. The number of rotatable bonds is 5. The minimum atomic E-state index is 0.279. The molecule has 2 rings (SSSR count). The Bertz CT molecular complexity index is 391. The maximum absolute atomic E-state index is 5.69. The minimum Gasteiger partial charge on any atom is -0.490 e. The number of thiocarbonyl (C=S) groups is 1. The first-order valence-electron chi connectivity index (χ1n) is 5.87. The van der Waals surface area contributed by atoms with Crippen LogP contribution in [0.3, 0.4) is 0 Å². The molecule has 1 fully saturated rings. The van der Waals surface area contributed by atoms with Crippen molar-refractivity contribution in [3.63, 3.8) is 0 Å². The van der Waals surface area contributed by atoms with Crippen LogP contribution in [0.2, 0.25) is 0 Å². The van der Waals surface area contributed by atoms with Crippen LogP contribution >= 0.6 is 12.2 Å². The maximum atomic E-state index is 5.69. The van der Waals surface area contributed by atoms with E-state index in [1.54, 1.807) is 6.20 Å². The zero-order valence-electron chi connectivity index (χ0n) is 9.76. The van der Waals surface area contributed by atoms with Gasteiger partial charge < -0.3 is 10.5 Å². The van der Waals surface area contributed by atoms with Crippen LogP contribution in [0.1, 0.15) is 18.5 Å². The average molecular weight is 251 g/mol. The van der Waals surface area contributed by atoms with Gasteiger partial charge in [0.1, 0.15) is 23.0 Å². The number of nitrogens with two attached hydrogens (primary N) is 1. The standard InChI is InChI=1S/C12H17N3OS/c13-12(17)11-10(4-3-5-14-11)16-9-8-15-6-1-2-7-15/h3-5H,1-2,6-9H2,(H2,13,17). The third-order valence-electron chi connectivity index (χ3n) is 2.87. The average Bonchev–Trinajstić information content (AvgIpc) is 2.82. The summed E-state index contributed by atoms with van der Waals surface area (Å²) in [5.74, 6) is 0.680. The molecule has 0 bridgehead atoms. The molecule has 17 heavy (non-hydrogen) atoms. The molecule has 1 aliphatic heterocycles. The lowest BCUT2D eigenvalue weighted by Crippen LogP contribution is -2.25. The number of pyridine rings is 1. The van der Waals surface area contributed by atoms with Gasteiger partial charge in [-0.15, -0.1) is 0 Å². The van der Waals surface area contributed by atoms with Crippen molar-refractivity contribution in [3.8, 4) is 5.75 Å². The van der Waals surface area contributed by atoms with E-state index in [0.29, 0.717) is 18.1 Å². The van der Waals surface area contributed by atoms with Crippen molar-refractivity contribution in [2.24, 2.45) is 5.73 Å². The first-order chi connectivity index (χ1) is 8.27. The molecule has 92 valence electrons. The van der Waals surface area contributed by atoms with Gasteiger partial charge in [0, 0.05) is 12.7 Å². The summed E-state index contributed by atoms with van der Waals surface area (Å²) in [6.07, 6.45) is 4.26. The predicted molar refractivity (Wildman–Crippen MR) is 71.3 cm³/mol. The molecule has 0 aliphatic carbocycles. The molecular formula is C12H17N3OS. The molecule has 0 unspecified atom stereocenters. The Morgan fingerprint density at radius 1 is 1.47 bits per heavy atom. The summed E-state index contributed by atoms with van der Waals surface area (Å²) in [6, 6.07) is 3.68. The van der Waals surface area contributed by atoms with Crippen molar-refractivity contribution >= 4 is 17.2 Å². The topological polar surface area (TPSA) is 51.4 Å². The Morgan fingerprint density at radius 3 is 2.94 bits per heavy atom. The summed E-state index contributed by atoms with van der Waals surface area (Å²) in [7, 11) is 0. The Morgan fingerprint density at radius 2 is 2.24 bits per heavy atom. The third-order valence-corrected chi connectivity index (χ3v) is 3.06. The normalized spacial score (nSPS) is 16.0. The van der Waals surface area contributed by atoms with Crippen molar-refractivity contribution in [2.45, 2.75) is 12.8 Å². The van der Waals surface area contributed by atoms with Crippen molar-refractivity contribution in [3.05, 3.63) is 24.0 Å². The van der Waals surface area contributed by atoms with Crippen LogP contribution in [0.15, 0.2) is 18.3 Å². The quantitative estimate of drug-likeness (QED) is 0.797. The van der Waals surface area contributed by atoms with Crippen LogP contribution in [0.4, 0.5) is 0 Å². The molecule has 0 radical (unpaired) electrons. The molecule has 0 amide bonds. The summed E-state index contributed by atoms with van der Waals surface area (Å²) in [4.78, 5) is 6.80. The lowest BCUT2D eigenvalue weighted by Gasteiger charge is -2.15. The zero-order chi connectivity index (χ0) is 12.1. The van der Waals surface area contributed by atoms with Gasteiger partial charge in [0.05, 0.1) is 0 Å². The van der Waals surface area contributed by atoms with Crippen LogP contribution in [0, 0.1) is 0 Å². The Labute approximate surface area is 107 Å². The van der Waals surface area contributed by atoms with Gasteiger partial charge in [-0.1, -0.05) is 12.2 Å². The van der Waals surface area contributed by atoms with Crippen molar-refractivity contribution in [1.82, 2.24) is 9.88 Å². The number of likely N-dealkylation sites (tertiary alicyclic amines) is 1. The van der Waals surface area contributed by atoms with E-state index in [4.69, 9.17) is 22.7 Å². The molecule has 1 aromatic rings. The fourth-order valence-corrected chi connectivity index (χ4v) is 2.14. The first kappa shape index (κ1) is 12.3. The van der Waals surface area contributed by atoms with Crippen LogP contribution in [-0.2, 0) is 0 Å². The van der Waals surface area contributed by atoms with Crippen LogP contribution < -0.4 is 10.5 Å². The van der Waals surface area contributed by atoms with Gasteiger partial charge in [-0.05, 0) is 38.1 Å². The van der Waals surface area contributed by atoms with Gasteiger partial charge in [-0.25, -0.2) is 4.98 Å². The summed E-state index contributed by atoms with van der Waals surface area (Å²) < 4.78 is 5.69. The van der Waals surface area contributed by atoms with Crippen LogP contribution in [0.25, 0.3) is 0 Å². The van der Waals surface area contributed by atoms with Crippen LogP contribution in [0.5, 0.6) is 5.75 Å². The number of hydrogen-bond donors (Lipinski definition) is 1. The van der Waals surface area contributed by atoms with Gasteiger partial charge >= 0.3 is 0 Å². The van der Waals surface area contributed by atoms with E-state index in [2.05, 4.69) is 9.88 Å². The van der Waals surface area contributed by atoms with E-state index < -0.39 is 0 Å². The Kier molecular flexibility index (Phi) is 4.28. The maximum Gasteiger partial charge on any atom is 0.148 e. The largest absolute Gasteiger partial charge is 0.490 e. The lowest BCUT2D eigenvalue weighted by atomic mass is 10.3. The van der Waals surface area contributed by atoms with Gasteiger partial charge in [0.25, 0.3) is 0 Å². The summed E-state index contributed by atoms with van der Waals surface area (Å²) in [5.41, 5.74) is 6.16. The second kappa shape index (κ2) is 5.93. The first-order valence-corrected chi connectivity index (χ1v) is 6.28. The number of aromatic nitrogens is 1. The minimum absolute atomic E-state index is 0.279. The monoisotopic (exact) mass is 251 g/mol. The van der Waals surface area contributed by atoms with E-state index in [0.717, 1.165) is 6.54 Å². The molecular weight excluding hydrogens is 234 g/mol. The molecule has 1 aromatic heterocycles. The number of hydrogen-bond acceptors (Lipinski definition) is 4. The number of nitrogens with zero attached hydrogens (tertiary/aromatic N) is 2. The molecule has 0 aromatic carbocycles. The SMILES string of the molecule is NC(=S)c1ncccc1OCCN1CCCC1. The van der Waals surface area contributed by atoms with Crippen molar-refractivity contribution in [2.75, 3.05) is 26.2 Å². The highest BCUT2D eigenvalue weighted by atomic mass is 32.1. The smallest absolute Gasteiger partial charge is 0.148 e. The van der Waals surface area contributed by atoms with E-state index in [9.17, 15) is 0 Å². The van der Waals surface area contributed by atoms with Crippen molar-refractivity contribution in [1.29, 1.82) is 0 Å². The molecule has 0 atom stereocenters. The van der Waals surface area contributed by atoms with E-state index >= 15 is 0 Å². The lowest BCUT2D eigenvalue weighted by molar-refractivity contribution is 0.237. The summed E-state index contributed by atoms with van der Waals surface area (Å²) in [6.45, 7) is 3.96. The van der Waals surface area contributed by atoms with Gasteiger partial charge in [-0.3, -0.25) is 4.90 Å². The molecule has 2 heterocycles. The van der Waals surface area contributed by atoms with E-state index in [1.807, 2.05) is 12.1 Å². The fourth-order valence-electron chi connectivity index (χ4n) is 1.98. The Balaban J connectivity index is 1.87. The highest BCUT2D eigenvalue weighted by Crippen LogP contribution is 2.15. The van der Waals surface area contributed by atoms with E-state index in [1.165, 1.54) is 25.9 Å². The van der Waals surface area contributed by atoms with Gasteiger partial charge in [0.15, 0.2) is 0 Å². The number of ether oxygens (including phenoxy) is 1. The van der Waals surface area contributed by atoms with Gasteiger partial charge in [0.2, 0.25) is 0 Å². The summed E-state index contributed by atoms with van der Waals surface area (Å²) in [5, 5.41) is 0. The zero-order valence-corrected chi connectivity index (χ0v) is 10.6. The second-order valence-electron chi connectivity index (χ2n) is 4.11.